The van der Waals surface area contributed by atoms with Crippen molar-refractivity contribution in [3.63, 3.8) is 0 Å². The molecule has 0 unspecified atom stereocenters. The lowest BCUT2D eigenvalue weighted by atomic mass is 10.2. The van der Waals surface area contributed by atoms with Crippen molar-refractivity contribution in [1.29, 1.82) is 0 Å². The van der Waals surface area contributed by atoms with E-state index in [0.29, 0.717) is 18.7 Å². The van der Waals surface area contributed by atoms with E-state index in [0.717, 1.165) is 0 Å². The molecular weight excluding hydrogens is 240 g/mol. The third kappa shape index (κ3) is 4.79. The van der Waals surface area contributed by atoms with Gasteiger partial charge < -0.3 is 10.2 Å². The van der Waals surface area contributed by atoms with Crippen LogP contribution in [0.25, 0.3) is 0 Å². The first-order valence-corrected chi connectivity index (χ1v) is 6.02. The summed E-state index contributed by atoms with van der Waals surface area (Å²) in [6.45, 7) is 8.03. The molecule has 19 heavy (non-hydrogen) atoms. The zero-order chi connectivity index (χ0) is 14.1. The van der Waals surface area contributed by atoms with Crippen LogP contribution in [0, 0.1) is 0 Å². The molecule has 0 aliphatic heterocycles. The Morgan fingerprint density at radius 1 is 1.11 bits per heavy atom. The summed E-state index contributed by atoms with van der Waals surface area (Å²) < 4.78 is 0. The van der Waals surface area contributed by atoms with Crippen molar-refractivity contribution in [2.75, 3.05) is 19.6 Å². The highest BCUT2D eigenvalue weighted by Crippen LogP contribution is 1.98. The fraction of sp³-hybridized carbons (Fsp3) is 0.200. The molecule has 0 spiro atoms. The van der Waals surface area contributed by atoms with Gasteiger partial charge in [-0.25, -0.2) is 0 Å². The maximum Gasteiger partial charge on any atom is 0.251 e. The van der Waals surface area contributed by atoms with Crippen LogP contribution in [-0.4, -0.2) is 36.3 Å². The maximum atomic E-state index is 11.9. The lowest BCUT2D eigenvalue weighted by Crippen LogP contribution is -2.40. The van der Waals surface area contributed by atoms with Crippen molar-refractivity contribution in [2.24, 2.45) is 0 Å². The number of nitrogens with zero attached hydrogens (tertiary/aromatic N) is 1. The van der Waals surface area contributed by atoms with Crippen LogP contribution in [-0.2, 0) is 4.79 Å². The largest absolute Gasteiger partial charge is 0.343 e. The van der Waals surface area contributed by atoms with Gasteiger partial charge in [-0.1, -0.05) is 30.4 Å². The highest BCUT2D eigenvalue weighted by atomic mass is 16.2. The topological polar surface area (TPSA) is 49.4 Å². The molecule has 2 amide bonds. The van der Waals surface area contributed by atoms with E-state index in [4.69, 9.17) is 0 Å². The summed E-state index contributed by atoms with van der Waals surface area (Å²) >= 11 is 0. The maximum absolute atomic E-state index is 11.9. The molecule has 1 N–H and O–H groups in total. The Bertz CT molecular complexity index is 444. The molecule has 0 atom stereocenters. The molecule has 0 saturated carbocycles. The summed E-state index contributed by atoms with van der Waals surface area (Å²) in [4.78, 5) is 25.2. The highest BCUT2D eigenvalue weighted by molar-refractivity contribution is 5.96. The van der Waals surface area contributed by atoms with Crippen molar-refractivity contribution in [3.05, 3.63) is 61.2 Å². The van der Waals surface area contributed by atoms with E-state index in [1.165, 1.54) is 0 Å². The smallest absolute Gasteiger partial charge is 0.251 e. The van der Waals surface area contributed by atoms with E-state index in [1.54, 1.807) is 41.3 Å². The Kier molecular flexibility index (Phi) is 6.09. The summed E-state index contributed by atoms with van der Waals surface area (Å²) in [5.74, 6) is -0.421. The molecule has 4 nitrogen and oxygen atoms in total. The molecule has 1 rings (SSSR count). The van der Waals surface area contributed by atoms with Gasteiger partial charge in [0.25, 0.3) is 5.91 Å². The van der Waals surface area contributed by atoms with Crippen LogP contribution in [0.3, 0.4) is 0 Å². The van der Waals surface area contributed by atoms with Gasteiger partial charge in [0.2, 0.25) is 5.91 Å². The lowest BCUT2D eigenvalue weighted by Gasteiger charge is -2.19. The number of nitrogens with one attached hydrogen (secondary N) is 1. The number of carbonyl (C=O) groups is 2. The number of carbonyl (C=O) groups excluding carboxylic acids is 2. The predicted octanol–water partition coefficient (Wildman–Crippen LogP) is 1.62. The molecule has 1 aromatic rings. The van der Waals surface area contributed by atoms with Crippen molar-refractivity contribution in [2.45, 2.75) is 0 Å². The number of rotatable bonds is 7. The van der Waals surface area contributed by atoms with Crippen LogP contribution in [0.15, 0.2) is 55.6 Å². The third-order valence-electron chi connectivity index (χ3n) is 2.49. The lowest BCUT2D eigenvalue weighted by molar-refractivity contribution is -0.129. The molecule has 0 fully saturated rings. The van der Waals surface area contributed by atoms with E-state index in [2.05, 4.69) is 18.5 Å². The Hall–Kier alpha value is -2.36. The molecule has 0 aromatic heterocycles. The molecule has 0 heterocycles. The van der Waals surface area contributed by atoms with Gasteiger partial charge in [-0.3, -0.25) is 9.59 Å². The minimum absolute atomic E-state index is 0.0323. The van der Waals surface area contributed by atoms with Crippen LogP contribution in [0.2, 0.25) is 0 Å². The van der Waals surface area contributed by atoms with Crippen LogP contribution in [0.5, 0.6) is 0 Å². The fourth-order valence-corrected chi connectivity index (χ4v) is 1.55. The van der Waals surface area contributed by atoms with Gasteiger partial charge in [0.1, 0.15) is 0 Å². The predicted molar refractivity (Wildman–Crippen MR) is 75.7 cm³/mol. The van der Waals surface area contributed by atoms with Gasteiger partial charge in [0, 0.05) is 18.7 Å². The normalized spacial score (nSPS) is 9.47. The van der Waals surface area contributed by atoms with E-state index in [-0.39, 0.29) is 18.4 Å². The minimum atomic E-state index is -0.258. The number of benzene rings is 1. The second-order valence-electron chi connectivity index (χ2n) is 3.92. The van der Waals surface area contributed by atoms with Crippen molar-refractivity contribution in [1.82, 2.24) is 10.2 Å². The summed E-state index contributed by atoms with van der Waals surface area (Å²) in [5.41, 5.74) is 0.536. The molecule has 0 bridgehead atoms. The van der Waals surface area contributed by atoms with Crippen molar-refractivity contribution < 1.29 is 9.59 Å². The van der Waals surface area contributed by atoms with Crippen LogP contribution in [0.4, 0.5) is 0 Å². The van der Waals surface area contributed by atoms with Gasteiger partial charge in [-0.05, 0) is 12.1 Å². The number of hydrogen-bond acceptors (Lipinski definition) is 2. The number of amides is 2. The quantitative estimate of drug-likeness (QED) is 0.755. The first kappa shape index (κ1) is 14.7. The fourth-order valence-electron chi connectivity index (χ4n) is 1.55. The second kappa shape index (κ2) is 7.87. The second-order valence-corrected chi connectivity index (χ2v) is 3.92. The molecule has 0 aliphatic rings. The average Bonchev–Trinajstić information content (AvgIpc) is 2.45. The molecular formula is C15H18N2O2. The molecule has 0 saturated heterocycles. The van der Waals surface area contributed by atoms with Gasteiger partial charge in [-0.15, -0.1) is 13.2 Å². The van der Waals surface area contributed by atoms with Crippen LogP contribution >= 0.6 is 0 Å². The van der Waals surface area contributed by atoms with E-state index in [9.17, 15) is 9.59 Å². The van der Waals surface area contributed by atoms with E-state index < -0.39 is 0 Å². The summed E-state index contributed by atoms with van der Waals surface area (Å²) in [6, 6.07) is 8.78. The summed E-state index contributed by atoms with van der Waals surface area (Å²) in [7, 11) is 0. The zero-order valence-electron chi connectivity index (χ0n) is 10.8. The molecule has 0 aliphatic carbocycles. The Labute approximate surface area is 113 Å². The Morgan fingerprint density at radius 3 is 2.21 bits per heavy atom. The molecule has 4 heteroatoms. The standard InChI is InChI=1S/C15H18N2O2/c1-3-10-17(11-4-2)14(18)12-16-15(19)13-8-6-5-7-9-13/h3-9H,1-2,10-12H2,(H,16,19). The summed E-state index contributed by atoms with van der Waals surface area (Å²) in [5, 5.41) is 2.60. The van der Waals surface area contributed by atoms with Gasteiger partial charge in [0.05, 0.1) is 6.54 Å². The van der Waals surface area contributed by atoms with Gasteiger partial charge in [0.15, 0.2) is 0 Å². The van der Waals surface area contributed by atoms with Crippen LogP contribution < -0.4 is 5.32 Å². The molecule has 100 valence electrons. The zero-order valence-corrected chi connectivity index (χ0v) is 10.8. The van der Waals surface area contributed by atoms with E-state index >= 15 is 0 Å². The Morgan fingerprint density at radius 2 is 1.68 bits per heavy atom. The SMILES string of the molecule is C=CCN(CC=C)C(=O)CNC(=O)c1ccccc1. The van der Waals surface area contributed by atoms with Crippen molar-refractivity contribution in [3.8, 4) is 0 Å². The number of hydrogen-bond donors (Lipinski definition) is 1. The minimum Gasteiger partial charge on any atom is -0.343 e. The average molecular weight is 258 g/mol. The van der Waals surface area contributed by atoms with Crippen LogP contribution in [0.1, 0.15) is 10.4 Å². The van der Waals surface area contributed by atoms with Gasteiger partial charge >= 0.3 is 0 Å². The first-order chi connectivity index (χ1) is 9.19. The summed E-state index contributed by atoms with van der Waals surface area (Å²) in [6.07, 6.45) is 3.28. The Balaban J connectivity index is 2.51. The monoisotopic (exact) mass is 258 g/mol. The third-order valence-corrected chi connectivity index (χ3v) is 2.49. The highest BCUT2D eigenvalue weighted by Gasteiger charge is 2.12. The van der Waals surface area contributed by atoms with Crippen molar-refractivity contribution >= 4 is 11.8 Å². The van der Waals surface area contributed by atoms with Gasteiger partial charge in [-0.2, -0.15) is 0 Å². The molecule has 0 radical (unpaired) electrons. The molecule has 1 aromatic carbocycles. The first-order valence-electron chi connectivity index (χ1n) is 6.02. The van der Waals surface area contributed by atoms with E-state index in [1.807, 2.05) is 6.07 Å².